The number of anilines is 1. The second kappa shape index (κ2) is 10.3. The van der Waals surface area contributed by atoms with Crippen LogP contribution in [0, 0.1) is 0 Å². The second-order valence-corrected chi connectivity index (χ2v) is 11.1. The second-order valence-electron chi connectivity index (χ2n) is 8.56. The maximum absolute atomic E-state index is 13.4. The Balaban J connectivity index is 1.42. The molecule has 1 unspecified atom stereocenters. The minimum atomic E-state index is -3.85. The maximum atomic E-state index is 13.4. The number of rotatable bonds is 7. The number of hydrogen-bond acceptors (Lipinski definition) is 7. The molecule has 192 valence electrons. The fraction of sp³-hybridized carbons (Fsp3) is 0.107. The summed E-state index contributed by atoms with van der Waals surface area (Å²) in [7, 11) is -3.85. The standard InChI is InChI=1S/C28H23N3O5S2/c1-2-23(26(32)30-18-13-15-19(16-14-18)38(29,34)35)36-28(33)21-10-6-8-17-7-5-9-20(25(17)21)27-31-22-11-3-4-12-24(22)37-27/h3-16,23H,2H2,1H3,(H,30,32)(H2,29,34,35). The average molecular weight is 546 g/mol. The van der Waals surface area contributed by atoms with E-state index in [1.165, 1.54) is 35.6 Å². The summed E-state index contributed by atoms with van der Waals surface area (Å²) in [4.78, 5) is 31.0. The van der Waals surface area contributed by atoms with Gasteiger partial charge in [0.05, 0.1) is 20.7 Å². The van der Waals surface area contributed by atoms with E-state index in [2.05, 4.69) is 5.32 Å². The number of primary sulfonamides is 1. The lowest BCUT2D eigenvalue weighted by atomic mass is 9.99. The van der Waals surface area contributed by atoms with Crippen molar-refractivity contribution in [2.45, 2.75) is 24.3 Å². The Labute approximate surface area is 223 Å². The van der Waals surface area contributed by atoms with Crippen LogP contribution in [0.4, 0.5) is 5.69 Å². The molecule has 1 aromatic heterocycles. The van der Waals surface area contributed by atoms with Crippen LogP contribution in [0.2, 0.25) is 0 Å². The van der Waals surface area contributed by atoms with Gasteiger partial charge in [-0.15, -0.1) is 11.3 Å². The van der Waals surface area contributed by atoms with Gasteiger partial charge in [-0.2, -0.15) is 0 Å². The van der Waals surface area contributed by atoms with E-state index in [-0.39, 0.29) is 11.3 Å². The van der Waals surface area contributed by atoms with Gasteiger partial charge in [0.2, 0.25) is 10.0 Å². The van der Waals surface area contributed by atoms with Gasteiger partial charge in [-0.25, -0.2) is 23.3 Å². The van der Waals surface area contributed by atoms with Crippen LogP contribution < -0.4 is 10.5 Å². The van der Waals surface area contributed by atoms with Crippen molar-refractivity contribution in [3.8, 4) is 10.6 Å². The van der Waals surface area contributed by atoms with E-state index in [0.29, 0.717) is 16.6 Å². The first-order valence-electron chi connectivity index (χ1n) is 11.8. The van der Waals surface area contributed by atoms with Crippen LogP contribution in [-0.4, -0.2) is 31.4 Å². The van der Waals surface area contributed by atoms with Crippen LogP contribution >= 0.6 is 11.3 Å². The molecule has 0 bridgehead atoms. The summed E-state index contributed by atoms with van der Waals surface area (Å²) in [5.41, 5.74) is 2.37. The number of hydrogen-bond donors (Lipinski definition) is 2. The molecule has 0 aliphatic rings. The summed E-state index contributed by atoms with van der Waals surface area (Å²) in [6.07, 6.45) is -0.826. The minimum absolute atomic E-state index is 0.0751. The number of nitrogens with one attached hydrogen (secondary N) is 1. The van der Waals surface area contributed by atoms with Gasteiger partial charge < -0.3 is 10.1 Å². The maximum Gasteiger partial charge on any atom is 0.339 e. The molecular formula is C28H23N3O5S2. The van der Waals surface area contributed by atoms with Crippen molar-refractivity contribution in [2.24, 2.45) is 5.14 Å². The van der Waals surface area contributed by atoms with E-state index in [1.54, 1.807) is 19.1 Å². The summed E-state index contributed by atoms with van der Waals surface area (Å²) in [5.74, 6) is -1.16. The van der Waals surface area contributed by atoms with E-state index in [9.17, 15) is 18.0 Å². The molecule has 0 fully saturated rings. The molecule has 0 saturated carbocycles. The summed E-state index contributed by atoms with van der Waals surface area (Å²) < 4.78 is 29.6. The number of fused-ring (bicyclic) bond motifs is 2. The number of ether oxygens (including phenoxy) is 1. The van der Waals surface area contributed by atoms with Crippen molar-refractivity contribution in [2.75, 3.05) is 5.32 Å². The van der Waals surface area contributed by atoms with E-state index in [0.717, 1.165) is 26.2 Å². The smallest absolute Gasteiger partial charge is 0.339 e. The Kier molecular flexibility index (Phi) is 6.94. The Hall–Kier alpha value is -4.12. The quantitative estimate of drug-likeness (QED) is 0.266. The Morgan fingerprint density at radius 2 is 1.68 bits per heavy atom. The van der Waals surface area contributed by atoms with Crippen LogP contribution in [0.1, 0.15) is 23.7 Å². The van der Waals surface area contributed by atoms with Crippen molar-refractivity contribution in [3.63, 3.8) is 0 Å². The zero-order chi connectivity index (χ0) is 26.9. The summed E-state index contributed by atoms with van der Waals surface area (Å²) >= 11 is 1.54. The number of aromatic nitrogens is 1. The molecule has 1 heterocycles. The average Bonchev–Trinajstić information content (AvgIpc) is 3.35. The number of carbonyl (C=O) groups excluding carboxylic acids is 2. The van der Waals surface area contributed by atoms with Crippen molar-refractivity contribution in [3.05, 3.63) is 90.5 Å². The highest BCUT2D eigenvalue weighted by Crippen LogP contribution is 2.36. The predicted molar refractivity (Wildman–Crippen MR) is 149 cm³/mol. The Morgan fingerprint density at radius 1 is 0.974 bits per heavy atom. The zero-order valence-electron chi connectivity index (χ0n) is 20.2. The number of para-hydroxylation sites is 1. The third-order valence-electron chi connectivity index (χ3n) is 6.01. The first-order chi connectivity index (χ1) is 18.2. The van der Waals surface area contributed by atoms with Crippen LogP contribution in [0.5, 0.6) is 0 Å². The highest BCUT2D eigenvalue weighted by atomic mass is 32.2. The molecule has 5 rings (SSSR count). The van der Waals surface area contributed by atoms with E-state index in [4.69, 9.17) is 14.9 Å². The topological polar surface area (TPSA) is 128 Å². The summed E-state index contributed by atoms with van der Waals surface area (Å²) in [6, 6.07) is 24.4. The molecule has 0 aliphatic heterocycles. The van der Waals surface area contributed by atoms with Crippen LogP contribution in [0.3, 0.4) is 0 Å². The summed E-state index contributed by atoms with van der Waals surface area (Å²) in [6.45, 7) is 1.73. The number of benzene rings is 4. The van der Waals surface area contributed by atoms with E-state index < -0.39 is 28.0 Å². The van der Waals surface area contributed by atoms with Crippen molar-refractivity contribution in [1.82, 2.24) is 4.98 Å². The zero-order valence-corrected chi connectivity index (χ0v) is 21.9. The number of nitrogens with two attached hydrogens (primary N) is 1. The summed E-state index contributed by atoms with van der Waals surface area (Å²) in [5, 5.41) is 10.1. The van der Waals surface area contributed by atoms with E-state index in [1.807, 2.05) is 48.5 Å². The molecule has 5 aromatic rings. The fourth-order valence-corrected chi connectivity index (χ4v) is 5.66. The molecular weight excluding hydrogens is 522 g/mol. The largest absolute Gasteiger partial charge is 0.449 e. The number of carbonyl (C=O) groups is 2. The number of sulfonamides is 1. The predicted octanol–water partition coefficient (Wildman–Crippen LogP) is 5.34. The van der Waals surface area contributed by atoms with Crippen LogP contribution in [0.15, 0.2) is 89.8 Å². The molecule has 0 spiro atoms. The Morgan fingerprint density at radius 3 is 2.37 bits per heavy atom. The lowest BCUT2D eigenvalue weighted by Crippen LogP contribution is -2.32. The number of nitrogens with zero attached hydrogens (tertiary/aromatic N) is 1. The molecule has 0 saturated heterocycles. The third kappa shape index (κ3) is 5.14. The van der Waals surface area contributed by atoms with Crippen molar-refractivity contribution >= 4 is 59.9 Å². The first-order valence-corrected chi connectivity index (χ1v) is 14.1. The van der Waals surface area contributed by atoms with Gasteiger partial charge in [0.15, 0.2) is 6.10 Å². The van der Waals surface area contributed by atoms with Gasteiger partial charge in [-0.1, -0.05) is 49.4 Å². The molecule has 0 radical (unpaired) electrons. The highest BCUT2D eigenvalue weighted by Gasteiger charge is 2.24. The number of amides is 1. The third-order valence-corrected chi connectivity index (χ3v) is 8.01. The molecule has 10 heteroatoms. The minimum Gasteiger partial charge on any atom is -0.449 e. The molecule has 1 amide bonds. The van der Waals surface area contributed by atoms with Gasteiger partial charge >= 0.3 is 5.97 Å². The monoisotopic (exact) mass is 545 g/mol. The fourth-order valence-electron chi connectivity index (χ4n) is 4.14. The Bertz CT molecular complexity index is 1740. The number of thiazole rings is 1. The van der Waals surface area contributed by atoms with Gasteiger partial charge in [-0.05, 0) is 54.3 Å². The van der Waals surface area contributed by atoms with Crippen molar-refractivity contribution < 1.29 is 22.7 Å². The molecule has 0 aliphatic carbocycles. The molecule has 3 N–H and O–H groups in total. The molecule has 1 atom stereocenters. The molecule has 8 nitrogen and oxygen atoms in total. The molecule has 4 aromatic carbocycles. The van der Waals surface area contributed by atoms with Gasteiger partial charge in [0.25, 0.3) is 5.91 Å². The van der Waals surface area contributed by atoms with Crippen molar-refractivity contribution in [1.29, 1.82) is 0 Å². The molecule has 38 heavy (non-hydrogen) atoms. The lowest BCUT2D eigenvalue weighted by molar-refractivity contribution is -0.124. The highest BCUT2D eigenvalue weighted by molar-refractivity contribution is 7.89. The van der Waals surface area contributed by atoms with E-state index >= 15 is 0 Å². The first kappa shape index (κ1) is 25.5. The van der Waals surface area contributed by atoms with Crippen LogP contribution in [0.25, 0.3) is 31.6 Å². The van der Waals surface area contributed by atoms with Gasteiger partial charge in [0, 0.05) is 16.6 Å². The lowest BCUT2D eigenvalue weighted by Gasteiger charge is -2.17. The number of esters is 1. The van der Waals surface area contributed by atoms with Gasteiger partial charge in [0.1, 0.15) is 5.01 Å². The normalized spacial score (nSPS) is 12.4. The van der Waals surface area contributed by atoms with Gasteiger partial charge in [-0.3, -0.25) is 4.79 Å². The van der Waals surface area contributed by atoms with Crippen LogP contribution in [-0.2, 0) is 19.6 Å². The SMILES string of the molecule is CCC(OC(=O)c1cccc2cccc(-c3nc4ccccc4s3)c12)C(=O)Nc1ccc(S(N)(=O)=O)cc1.